The predicted molar refractivity (Wildman–Crippen MR) is 107 cm³/mol. The Morgan fingerprint density at radius 3 is 2.54 bits per heavy atom. The normalized spacial score (nSPS) is 15.6. The highest BCUT2D eigenvalue weighted by Crippen LogP contribution is 2.11. The smallest absolute Gasteiger partial charge is 0.409 e. The molecule has 24 heavy (non-hydrogen) atoms. The molecule has 1 rings (SSSR count). The molecule has 1 aliphatic rings. The molecular formula is C16H33IN4O3. The number of ether oxygens (including phenoxy) is 2. The molecule has 0 bridgehead atoms. The highest BCUT2D eigenvalue weighted by atomic mass is 127. The molecule has 1 saturated heterocycles. The molecule has 8 heteroatoms. The molecule has 2 N–H and O–H groups in total. The number of likely N-dealkylation sites (tertiary alicyclic amines) is 1. The molecule has 142 valence electrons. The van der Waals surface area contributed by atoms with Crippen molar-refractivity contribution in [2.75, 3.05) is 46.5 Å². The Labute approximate surface area is 162 Å². The van der Waals surface area contributed by atoms with E-state index < -0.39 is 0 Å². The second kappa shape index (κ2) is 14.6. The number of rotatable bonds is 8. The third-order valence-electron chi connectivity index (χ3n) is 3.77. The largest absolute Gasteiger partial charge is 0.450 e. The van der Waals surface area contributed by atoms with Crippen molar-refractivity contribution in [1.29, 1.82) is 0 Å². The van der Waals surface area contributed by atoms with Gasteiger partial charge in [-0.2, -0.15) is 0 Å². The Morgan fingerprint density at radius 1 is 1.25 bits per heavy atom. The molecule has 1 fully saturated rings. The number of carbonyl (C=O) groups is 1. The van der Waals surface area contributed by atoms with Gasteiger partial charge in [-0.3, -0.25) is 4.99 Å². The molecular weight excluding hydrogens is 423 g/mol. The van der Waals surface area contributed by atoms with Crippen molar-refractivity contribution in [2.24, 2.45) is 4.99 Å². The maximum absolute atomic E-state index is 11.7. The summed E-state index contributed by atoms with van der Waals surface area (Å²) in [6, 6.07) is 0.327. The quantitative estimate of drug-likeness (QED) is 0.254. The van der Waals surface area contributed by atoms with E-state index in [2.05, 4.69) is 22.5 Å². The number of aliphatic imine (C=N–C) groups is 1. The third kappa shape index (κ3) is 9.51. The van der Waals surface area contributed by atoms with Crippen molar-refractivity contribution in [3.8, 4) is 0 Å². The first-order valence-electron chi connectivity index (χ1n) is 8.67. The van der Waals surface area contributed by atoms with Gasteiger partial charge in [0.2, 0.25) is 0 Å². The van der Waals surface area contributed by atoms with Gasteiger partial charge < -0.3 is 25.0 Å². The van der Waals surface area contributed by atoms with Crippen LogP contribution in [0.4, 0.5) is 4.79 Å². The summed E-state index contributed by atoms with van der Waals surface area (Å²) in [4.78, 5) is 17.7. The number of unbranched alkanes of at least 4 members (excludes halogenated alkanes) is 1. The molecule has 0 unspecified atom stereocenters. The number of carbonyl (C=O) groups excluding carboxylic acids is 1. The van der Waals surface area contributed by atoms with E-state index in [1.807, 2.05) is 6.92 Å². The Bertz CT molecular complexity index is 361. The minimum Gasteiger partial charge on any atom is -0.450 e. The van der Waals surface area contributed by atoms with Gasteiger partial charge in [0.05, 0.1) is 13.2 Å². The van der Waals surface area contributed by atoms with Crippen molar-refractivity contribution in [3.05, 3.63) is 0 Å². The summed E-state index contributed by atoms with van der Waals surface area (Å²) in [6.45, 7) is 8.08. The summed E-state index contributed by atoms with van der Waals surface area (Å²) < 4.78 is 10.5. The van der Waals surface area contributed by atoms with Gasteiger partial charge in [0.15, 0.2) is 5.96 Å². The average Bonchev–Trinajstić information content (AvgIpc) is 2.57. The van der Waals surface area contributed by atoms with Crippen LogP contribution < -0.4 is 10.6 Å². The van der Waals surface area contributed by atoms with E-state index in [1.165, 1.54) is 0 Å². The van der Waals surface area contributed by atoms with Crippen LogP contribution in [0.2, 0.25) is 0 Å². The van der Waals surface area contributed by atoms with Crippen molar-refractivity contribution < 1.29 is 14.3 Å². The van der Waals surface area contributed by atoms with Gasteiger partial charge in [-0.05, 0) is 26.2 Å². The standard InChI is InChI=1S/C16H32N4O3.HI/c1-4-6-12-22-13-9-18-15(17-3)19-14-7-10-20(11-8-14)16(21)23-5-2;/h14H,4-13H2,1-3H3,(H2,17,18,19);1H. The molecule has 1 amide bonds. The molecule has 1 aliphatic heterocycles. The molecule has 0 aliphatic carbocycles. The SMILES string of the molecule is CCCCOCCNC(=NC)NC1CCN(C(=O)OCC)CC1.I. The van der Waals surface area contributed by atoms with Crippen molar-refractivity contribution in [1.82, 2.24) is 15.5 Å². The lowest BCUT2D eigenvalue weighted by Gasteiger charge is -2.32. The predicted octanol–water partition coefficient (Wildman–Crippen LogP) is 2.21. The van der Waals surface area contributed by atoms with Crippen molar-refractivity contribution >= 4 is 36.0 Å². The fourth-order valence-electron chi connectivity index (χ4n) is 2.40. The molecule has 0 spiro atoms. The number of halogens is 1. The fourth-order valence-corrected chi connectivity index (χ4v) is 2.40. The van der Waals surface area contributed by atoms with E-state index in [-0.39, 0.29) is 30.1 Å². The number of piperidine rings is 1. The van der Waals surface area contributed by atoms with E-state index >= 15 is 0 Å². The third-order valence-corrected chi connectivity index (χ3v) is 3.77. The van der Waals surface area contributed by atoms with Gasteiger partial charge >= 0.3 is 6.09 Å². The fraction of sp³-hybridized carbons (Fsp3) is 0.875. The monoisotopic (exact) mass is 456 g/mol. The molecule has 0 aromatic carbocycles. The Hall–Kier alpha value is -0.770. The van der Waals surface area contributed by atoms with E-state index in [9.17, 15) is 4.79 Å². The first kappa shape index (κ1) is 23.2. The zero-order valence-corrected chi connectivity index (χ0v) is 17.5. The van der Waals surface area contributed by atoms with Gasteiger partial charge in [0.25, 0.3) is 0 Å². The van der Waals surface area contributed by atoms with E-state index in [0.717, 1.165) is 44.8 Å². The van der Waals surface area contributed by atoms with E-state index in [1.54, 1.807) is 11.9 Å². The van der Waals surface area contributed by atoms with E-state index in [4.69, 9.17) is 9.47 Å². The molecule has 0 atom stereocenters. The van der Waals surface area contributed by atoms with Gasteiger partial charge in [-0.1, -0.05) is 13.3 Å². The molecule has 1 heterocycles. The van der Waals surface area contributed by atoms with Gasteiger partial charge in [0.1, 0.15) is 0 Å². The van der Waals surface area contributed by atoms with Crippen LogP contribution in [0, 0.1) is 0 Å². The number of guanidine groups is 1. The molecule has 0 radical (unpaired) electrons. The Balaban J connectivity index is 0.00000529. The minimum atomic E-state index is -0.210. The lowest BCUT2D eigenvalue weighted by Crippen LogP contribution is -2.50. The number of nitrogens with one attached hydrogen (secondary N) is 2. The highest BCUT2D eigenvalue weighted by Gasteiger charge is 2.23. The van der Waals surface area contributed by atoms with Gasteiger partial charge in [-0.15, -0.1) is 24.0 Å². The number of hydrogen-bond donors (Lipinski definition) is 2. The zero-order chi connectivity index (χ0) is 16.9. The summed E-state index contributed by atoms with van der Waals surface area (Å²) in [5.41, 5.74) is 0. The van der Waals surface area contributed by atoms with E-state index in [0.29, 0.717) is 32.3 Å². The number of hydrogen-bond acceptors (Lipinski definition) is 4. The topological polar surface area (TPSA) is 75.2 Å². The minimum absolute atomic E-state index is 0. The number of nitrogens with zero attached hydrogens (tertiary/aromatic N) is 2. The summed E-state index contributed by atoms with van der Waals surface area (Å²) in [5.74, 6) is 0.790. The average molecular weight is 456 g/mol. The first-order valence-corrected chi connectivity index (χ1v) is 8.67. The van der Waals surface area contributed by atoms with Gasteiger partial charge in [-0.25, -0.2) is 4.79 Å². The van der Waals surface area contributed by atoms with Crippen molar-refractivity contribution in [2.45, 2.75) is 45.6 Å². The second-order valence-corrected chi connectivity index (χ2v) is 5.57. The molecule has 7 nitrogen and oxygen atoms in total. The second-order valence-electron chi connectivity index (χ2n) is 5.57. The van der Waals surface area contributed by atoms with Crippen LogP contribution in [0.15, 0.2) is 4.99 Å². The molecule has 0 aromatic rings. The highest BCUT2D eigenvalue weighted by molar-refractivity contribution is 14.0. The maximum Gasteiger partial charge on any atom is 0.409 e. The van der Waals surface area contributed by atoms with Crippen LogP contribution in [-0.2, 0) is 9.47 Å². The lowest BCUT2D eigenvalue weighted by atomic mass is 10.1. The van der Waals surface area contributed by atoms with Crippen LogP contribution in [0.3, 0.4) is 0 Å². The van der Waals surface area contributed by atoms with Gasteiger partial charge in [0, 0.05) is 39.3 Å². The Morgan fingerprint density at radius 2 is 1.96 bits per heavy atom. The van der Waals surface area contributed by atoms with Crippen molar-refractivity contribution in [3.63, 3.8) is 0 Å². The van der Waals surface area contributed by atoms with Crippen LogP contribution in [0.25, 0.3) is 0 Å². The summed E-state index contributed by atoms with van der Waals surface area (Å²) in [7, 11) is 1.76. The molecule has 0 saturated carbocycles. The summed E-state index contributed by atoms with van der Waals surface area (Å²) in [5, 5.41) is 6.66. The maximum atomic E-state index is 11.7. The molecule has 0 aromatic heterocycles. The summed E-state index contributed by atoms with van der Waals surface area (Å²) in [6.07, 6.45) is 3.84. The Kier molecular flexibility index (Phi) is 14.1. The zero-order valence-electron chi connectivity index (χ0n) is 15.2. The lowest BCUT2D eigenvalue weighted by molar-refractivity contribution is 0.0962. The summed E-state index contributed by atoms with van der Waals surface area (Å²) >= 11 is 0. The van der Waals surface area contributed by atoms with Crippen LogP contribution in [0.5, 0.6) is 0 Å². The first-order chi connectivity index (χ1) is 11.2. The van der Waals surface area contributed by atoms with Crippen LogP contribution in [0.1, 0.15) is 39.5 Å². The number of amides is 1. The van der Waals surface area contributed by atoms with Crippen LogP contribution >= 0.6 is 24.0 Å². The van der Waals surface area contributed by atoms with Crippen LogP contribution in [-0.4, -0.2) is 69.5 Å².